The highest BCUT2D eigenvalue weighted by Crippen LogP contribution is 2.32. The summed E-state index contributed by atoms with van der Waals surface area (Å²) in [6.07, 6.45) is 1.23. The number of imide groups is 1. The van der Waals surface area contributed by atoms with Crippen molar-refractivity contribution in [2.24, 2.45) is 0 Å². The van der Waals surface area contributed by atoms with E-state index in [4.69, 9.17) is 4.74 Å². The number of carboxylic acid groups (broad SMARTS) is 1. The Kier molecular flexibility index (Phi) is 5.93. The number of benzene rings is 2. The van der Waals surface area contributed by atoms with E-state index in [9.17, 15) is 19.5 Å². The first-order valence-corrected chi connectivity index (χ1v) is 9.06. The molecule has 1 aliphatic heterocycles. The molecule has 0 unspecified atom stereocenters. The lowest BCUT2D eigenvalue weighted by Gasteiger charge is -2.12. The van der Waals surface area contributed by atoms with Crippen molar-refractivity contribution in [1.29, 1.82) is 0 Å². The fourth-order valence-corrected chi connectivity index (χ4v) is 3.31. The Labute approximate surface area is 160 Å². The molecule has 0 spiro atoms. The van der Waals surface area contributed by atoms with Gasteiger partial charge in [-0.15, -0.1) is 0 Å². The average molecular weight is 382 g/mol. The summed E-state index contributed by atoms with van der Waals surface area (Å²) in [6.45, 7) is 0.272. The highest BCUT2D eigenvalue weighted by molar-refractivity contribution is 8.18. The zero-order valence-electron chi connectivity index (χ0n) is 14.3. The minimum atomic E-state index is -1.30. The van der Waals surface area contributed by atoms with Crippen LogP contribution in [-0.2, 0) is 16.2 Å². The van der Waals surface area contributed by atoms with E-state index in [1.165, 1.54) is 0 Å². The van der Waals surface area contributed by atoms with Crippen LogP contribution in [0.5, 0.6) is 5.75 Å². The summed E-state index contributed by atoms with van der Waals surface area (Å²) in [5.74, 6) is -1.10. The molecule has 2 aromatic rings. The fraction of sp³-hybridized carbons (Fsp3) is 0.150. The van der Waals surface area contributed by atoms with Gasteiger partial charge in [0.05, 0.1) is 4.91 Å². The quantitative estimate of drug-likeness (QED) is 0.684. The van der Waals surface area contributed by atoms with E-state index < -0.39 is 17.1 Å². The Morgan fingerprint density at radius 1 is 1.07 bits per heavy atom. The summed E-state index contributed by atoms with van der Waals surface area (Å²) < 4.78 is 5.71. The first kappa shape index (κ1) is 18.7. The van der Waals surface area contributed by atoms with Crippen LogP contribution >= 0.6 is 11.8 Å². The van der Waals surface area contributed by atoms with Crippen molar-refractivity contribution in [1.82, 2.24) is 4.90 Å². The molecule has 27 heavy (non-hydrogen) atoms. The lowest BCUT2D eigenvalue weighted by molar-refractivity contribution is -0.305. The molecule has 0 aliphatic carbocycles. The molecule has 2 aromatic carbocycles. The minimum absolute atomic E-state index is 0.184. The van der Waals surface area contributed by atoms with Crippen LogP contribution in [0.1, 0.15) is 17.5 Å². The van der Waals surface area contributed by atoms with Crippen molar-refractivity contribution in [3.05, 3.63) is 70.6 Å². The molecule has 3 rings (SSSR count). The molecule has 1 saturated heterocycles. The van der Waals surface area contributed by atoms with E-state index >= 15 is 0 Å². The molecule has 1 heterocycles. The molecule has 138 valence electrons. The van der Waals surface area contributed by atoms with Gasteiger partial charge in [-0.05, 0) is 41.1 Å². The van der Waals surface area contributed by atoms with Crippen LogP contribution in [0.3, 0.4) is 0 Å². The van der Waals surface area contributed by atoms with Gasteiger partial charge < -0.3 is 14.6 Å². The van der Waals surface area contributed by atoms with Gasteiger partial charge in [0.1, 0.15) is 12.4 Å². The van der Waals surface area contributed by atoms with Gasteiger partial charge >= 0.3 is 0 Å². The van der Waals surface area contributed by atoms with Crippen LogP contribution in [-0.4, -0.2) is 28.6 Å². The van der Waals surface area contributed by atoms with Crippen LogP contribution in [0.25, 0.3) is 6.08 Å². The van der Waals surface area contributed by atoms with E-state index in [1.54, 1.807) is 30.3 Å². The number of carbonyl (C=O) groups is 3. The van der Waals surface area contributed by atoms with Gasteiger partial charge in [0.15, 0.2) is 0 Å². The van der Waals surface area contributed by atoms with E-state index in [0.717, 1.165) is 27.8 Å². The molecule has 1 fully saturated rings. The first-order chi connectivity index (χ1) is 13.0. The highest BCUT2D eigenvalue weighted by atomic mass is 32.2. The molecule has 1 aliphatic rings. The number of rotatable bonds is 7. The third-order valence-corrected chi connectivity index (χ3v) is 4.75. The minimum Gasteiger partial charge on any atom is -0.550 e. The molecule has 7 heteroatoms. The van der Waals surface area contributed by atoms with Gasteiger partial charge in [-0.25, -0.2) is 0 Å². The number of carboxylic acids is 1. The second-order valence-electron chi connectivity index (χ2n) is 5.80. The number of aliphatic carboxylic acids is 1. The van der Waals surface area contributed by atoms with E-state index in [2.05, 4.69) is 0 Å². The Balaban J connectivity index is 1.62. The van der Waals surface area contributed by atoms with Crippen molar-refractivity contribution in [2.75, 3.05) is 6.54 Å². The molecule has 0 atom stereocenters. The number of hydrogen-bond acceptors (Lipinski definition) is 6. The SMILES string of the molecule is O=C([O-])CCN1C(=O)S/C(=C/c2ccc(OCc3ccccc3)cc2)C1=O. The molecule has 0 bridgehead atoms. The van der Waals surface area contributed by atoms with E-state index in [0.29, 0.717) is 12.4 Å². The number of amides is 2. The highest BCUT2D eigenvalue weighted by Gasteiger charge is 2.34. The van der Waals surface area contributed by atoms with Crippen LogP contribution in [0.4, 0.5) is 4.79 Å². The number of ether oxygens (including phenoxy) is 1. The Morgan fingerprint density at radius 3 is 2.44 bits per heavy atom. The van der Waals surface area contributed by atoms with E-state index in [1.807, 2.05) is 30.3 Å². The summed E-state index contributed by atoms with van der Waals surface area (Å²) in [6, 6.07) is 16.9. The molecule has 0 radical (unpaired) electrons. The Morgan fingerprint density at radius 2 is 1.78 bits per heavy atom. The molecule has 6 nitrogen and oxygen atoms in total. The normalized spacial score (nSPS) is 15.4. The standard InChI is InChI=1S/C20H17NO5S/c22-18(23)10-11-21-19(24)17(27-20(21)25)12-14-6-8-16(9-7-14)26-13-15-4-2-1-3-5-15/h1-9,12H,10-11,13H2,(H,22,23)/p-1/b17-12+. The summed E-state index contributed by atoms with van der Waals surface area (Å²) in [5.41, 5.74) is 1.80. The lowest BCUT2D eigenvalue weighted by Crippen LogP contribution is -2.33. The Bertz CT molecular complexity index is 877. The van der Waals surface area contributed by atoms with E-state index in [-0.39, 0.29) is 17.9 Å². The Hall–Kier alpha value is -3.06. The summed E-state index contributed by atoms with van der Waals surface area (Å²) in [5, 5.41) is 10.0. The molecule has 2 amide bonds. The maximum atomic E-state index is 12.2. The fourth-order valence-electron chi connectivity index (χ4n) is 2.45. The molecular weight excluding hydrogens is 366 g/mol. The van der Waals surface area contributed by atoms with Crippen molar-refractivity contribution in [3.63, 3.8) is 0 Å². The molecule has 0 aromatic heterocycles. The van der Waals surface area contributed by atoms with Crippen molar-refractivity contribution in [3.8, 4) is 5.75 Å². The van der Waals surface area contributed by atoms with Crippen molar-refractivity contribution in [2.45, 2.75) is 13.0 Å². The maximum Gasteiger partial charge on any atom is 0.293 e. The predicted octanol–water partition coefficient (Wildman–Crippen LogP) is 2.44. The second kappa shape index (κ2) is 8.55. The zero-order chi connectivity index (χ0) is 19.2. The molecule has 0 saturated carbocycles. The molecular formula is C20H16NO5S-. The van der Waals surface area contributed by atoms with Gasteiger partial charge in [0.25, 0.3) is 11.1 Å². The maximum absolute atomic E-state index is 12.2. The van der Waals surface area contributed by atoms with Crippen LogP contribution in [0.15, 0.2) is 59.5 Å². The van der Waals surface area contributed by atoms with Gasteiger partial charge in [-0.2, -0.15) is 0 Å². The van der Waals surface area contributed by atoms with Crippen LogP contribution < -0.4 is 9.84 Å². The summed E-state index contributed by atoms with van der Waals surface area (Å²) in [4.78, 5) is 35.8. The number of thioether (sulfide) groups is 1. The van der Waals surface area contributed by atoms with Gasteiger partial charge in [-0.1, -0.05) is 42.5 Å². The third-order valence-electron chi connectivity index (χ3n) is 3.84. The van der Waals surface area contributed by atoms with Crippen molar-refractivity contribution < 1.29 is 24.2 Å². The second-order valence-corrected chi connectivity index (χ2v) is 6.79. The molecule has 0 N–H and O–H groups in total. The first-order valence-electron chi connectivity index (χ1n) is 8.25. The summed E-state index contributed by atoms with van der Waals surface area (Å²) in [7, 11) is 0. The largest absolute Gasteiger partial charge is 0.550 e. The number of nitrogens with zero attached hydrogens (tertiary/aromatic N) is 1. The predicted molar refractivity (Wildman–Crippen MR) is 99.5 cm³/mol. The number of carbonyl (C=O) groups excluding carboxylic acids is 3. The van der Waals surface area contributed by atoms with Gasteiger partial charge in [-0.3, -0.25) is 14.5 Å². The lowest BCUT2D eigenvalue weighted by atomic mass is 10.2. The zero-order valence-corrected chi connectivity index (χ0v) is 15.1. The van der Waals surface area contributed by atoms with Gasteiger partial charge in [0, 0.05) is 18.9 Å². The summed E-state index contributed by atoms with van der Waals surface area (Å²) >= 11 is 0.794. The van der Waals surface area contributed by atoms with Crippen LogP contribution in [0, 0.1) is 0 Å². The van der Waals surface area contributed by atoms with Crippen molar-refractivity contribution >= 4 is 35.0 Å². The number of hydrogen-bond donors (Lipinski definition) is 0. The smallest absolute Gasteiger partial charge is 0.293 e. The topological polar surface area (TPSA) is 86.7 Å². The third kappa shape index (κ3) is 4.98. The van der Waals surface area contributed by atoms with Crippen LogP contribution in [0.2, 0.25) is 0 Å². The monoisotopic (exact) mass is 382 g/mol. The average Bonchev–Trinajstić information content (AvgIpc) is 2.93. The van der Waals surface area contributed by atoms with Gasteiger partial charge in [0.2, 0.25) is 0 Å².